The second-order valence-corrected chi connectivity index (χ2v) is 5.38. The van der Waals surface area contributed by atoms with Crippen molar-refractivity contribution in [1.29, 1.82) is 0 Å². The second kappa shape index (κ2) is 4.30. The molecule has 3 heteroatoms. The average molecular weight is 198 g/mol. The van der Waals surface area contributed by atoms with Gasteiger partial charge >= 0.3 is 0 Å². The molecule has 1 atom stereocenters. The maximum atomic E-state index is 11.6. The highest BCUT2D eigenvalue weighted by molar-refractivity contribution is 5.81. The molecule has 1 N–H and O–H groups in total. The zero-order chi connectivity index (χ0) is 10.8. The molecule has 1 amide bonds. The molecular formula is C11H22N2O. The fraction of sp³-hybridized carbons (Fsp3) is 0.909. The molecule has 1 rings (SSSR count). The highest BCUT2D eigenvalue weighted by Crippen LogP contribution is 2.15. The molecule has 0 aromatic rings. The molecule has 0 bridgehead atoms. The van der Waals surface area contributed by atoms with Crippen LogP contribution in [0.2, 0.25) is 0 Å². The van der Waals surface area contributed by atoms with Crippen LogP contribution in [0.5, 0.6) is 0 Å². The first kappa shape index (κ1) is 11.5. The van der Waals surface area contributed by atoms with E-state index in [0.717, 1.165) is 19.6 Å². The first-order valence-corrected chi connectivity index (χ1v) is 5.36. The predicted molar refractivity (Wildman–Crippen MR) is 58.1 cm³/mol. The van der Waals surface area contributed by atoms with Crippen LogP contribution in [0.25, 0.3) is 0 Å². The number of carbonyl (C=O) groups is 1. The molecule has 14 heavy (non-hydrogen) atoms. The van der Waals surface area contributed by atoms with Gasteiger partial charge in [-0.1, -0.05) is 20.8 Å². The van der Waals surface area contributed by atoms with Crippen molar-refractivity contribution < 1.29 is 4.79 Å². The fourth-order valence-corrected chi connectivity index (χ4v) is 1.70. The third kappa shape index (κ3) is 3.29. The van der Waals surface area contributed by atoms with Crippen LogP contribution in [0.3, 0.4) is 0 Å². The Morgan fingerprint density at radius 1 is 1.50 bits per heavy atom. The molecule has 1 aliphatic heterocycles. The Bertz CT molecular complexity index is 208. The molecule has 82 valence electrons. The van der Waals surface area contributed by atoms with Crippen LogP contribution in [0, 0.1) is 11.3 Å². The number of likely N-dealkylation sites (tertiary alicyclic amines) is 1. The zero-order valence-electron chi connectivity index (χ0n) is 9.76. The summed E-state index contributed by atoms with van der Waals surface area (Å²) in [6.45, 7) is 8.95. The van der Waals surface area contributed by atoms with Crippen molar-refractivity contribution in [1.82, 2.24) is 10.2 Å². The van der Waals surface area contributed by atoms with Crippen LogP contribution in [-0.4, -0.2) is 37.5 Å². The quantitative estimate of drug-likeness (QED) is 0.720. The molecule has 1 aliphatic rings. The highest BCUT2D eigenvalue weighted by Gasteiger charge is 2.24. The summed E-state index contributed by atoms with van der Waals surface area (Å²) in [6, 6.07) is 0. The monoisotopic (exact) mass is 198 g/mol. The molecule has 1 heterocycles. The molecule has 0 aliphatic carbocycles. The fourth-order valence-electron chi connectivity index (χ4n) is 1.70. The van der Waals surface area contributed by atoms with Gasteiger partial charge in [-0.3, -0.25) is 4.79 Å². The van der Waals surface area contributed by atoms with E-state index in [2.05, 4.69) is 17.3 Å². The van der Waals surface area contributed by atoms with E-state index in [4.69, 9.17) is 0 Å². The van der Waals surface area contributed by atoms with Crippen LogP contribution in [-0.2, 0) is 4.79 Å². The largest absolute Gasteiger partial charge is 0.355 e. The average Bonchev–Trinajstić information content (AvgIpc) is 2.45. The van der Waals surface area contributed by atoms with Gasteiger partial charge in [0.25, 0.3) is 0 Å². The van der Waals surface area contributed by atoms with Gasteiger partial charge in [0, 0.05) is 18.5 Å². The van der Waals surface area contributed by atoms with Gasteiger partial charge in [0.1, 0.15) is 0 Å². The topological polar surface area (TPSA) is 32.3 Å². The van der Waals surface area contributed by atoms with Crippen LogP contribution in [0.1, 0.15) is 27.2 Å². The number of nitrogens with zero attached hydrogens (tertiary/aromatic N) is 1. The summed E-state index contributed by atoms with van der Waals surface area (Å²) in [5, 5.41) is 3.02. The van der Waals surface area contributed by atoms with E-state index in [0.29, 0.717) is 5.92 Å². The van der Waals surface area contributed by atoms with Crippen LogP contribution < -0.4 is 5.32 Å². The molecule has 0 radical (unpaired) electrons. The third-order valence-electron chi connectivity index (χ3n) is 2.72. The van der Waals surface area contributed by atoms with Crippen molar-refractivity contribution in [2.24, 2.45) is 11.3 Å². The van der Waals surface area contributed by atoms with Crippen molar-refractivity contribution >= 4 is 5.91 Å². The smallest absolute Gasteiger partial charge is 0.225 e. The third-order valence-corrected chi connectivity index (χ3v) is 2.72. The maximum absolute atomic E-state index is 11.6. The van der Waals surface area contributed by atoms with Gasteiger partial charge in [-0.25, -0.2) is 0 Å². The van der Waals surface area contributed by atoms with E-state index >= 15 is 0 Å². The van der Waals surface area contributed by atoms with Crippen molar-refractivity contribution in [3.8, 4) is 0 Å². The number of rotatable bonds is 2. The lowest BCUT2D eigenvalue weighted by atomic mass is 9.95. The van der Waals surface area contributed by atoms with E-state index in [9.17, 15) is 4.79 Å². The maximum Gasteiger partial charge on any atom is 0.225 e. The molecule has 1 fully saturated rings. The molecule has 1 saturated heterocycles. The van der Waals surface area contributed by atoms with E-state index in [-0.39, 0.29) is 11.3 Å². The molecule has 0 unspecified atom stereocenters. The summed E-state index contributed by atoms with van der Waals surface area (Å²) in [6.07, 6.45) is 1.21. The van der Waals surface area contributed by atoms with Gasteiger partial charge in [-0.05, 0) is 25.9 Å². The first-order valence-electron chi connectivity index (χ1n) is 5.36. The number of hydrogen-bond donors (Lipinski definition) is 1. The highest BCUT2D eigenvalue weighted by atomic mass is 16.2. The Labute approximate surface area is 86.9 Å². The molecule has 0 aromatic carbocycles. The normalized spacial score (nSPS) is 23.9. The Morgan fingerprint density at radius 3 is 2.57 bits per heavy atom. The molecule has 3 nitrogen and oxygen atoms in total. The van der Waals surface area contributed by atoms with Crippen molar-refractivity contribution in [2.75, 3.05) is 26.7 Å². The van der Waals surface area contributed by atoms with Gasteiger partial charge in [0.05, 0.1) is 0 Å². The summed E-state index contributed by atoms with van der Waals surface area (Å²) >= 11 is 0. The van der Waals surface area contributed by atoms with Crippen molar-refractivity contribution in [3.63, 3.8) is 0 Å². The second-order valence-electron chi connectivity index (χ2n) is 5.38. The lowest BCUT2D eigenvalue weighted by molar-refractivity contribution is -0.128. The molecule has 0 saturated carbocycles. The number of nitrogens with one attached hydrogen (secondary N) is 1. The zero-order valence-corrected chi connectivity index (χ0v) is 9.76. The standard InChI is InChI=1S/C11H22N2O/c1-11(2,3)10(14)12-7-9-5-6-13(4)8-9/h9H,5-8H2,1-4H3,(H,12,14)/t9-/m1/s1. The van der Waals surface area contributed by atoms with Crippen molar-refractivity contribution in [2.45, 2.75) is 27.2 Å². The van der Waals surface area contributed by atoms with Crippen molar-refractivity contribution in [3.05, 3.63) is 0 Å². The minimum absolute atomic E-state index is 0.159. The summed E-state index contributed by atoms with van der Waals surface area (Å²) in [5.41, 5.74) is -0.259. The summed E-state index contributed by atoms with van der Waals surface area (Å²) in [7, 11) is 2.13. The van der Waals surface area contributed by atoms with Gasteiger partial charge in [0.15, 0.2) is 0 Å². The van der Waals surface area contributed by atoms with Gasteiger partial charge in [-0.15, -0.1) is 0 Å². The van der Waals surface area contributed by atoms with Gasteiger partial charge < -0.3 is 10.2 Å². The SMILES string of the molecule is CN1CC[C@H](CNC(=O)C(C)(C)C)C1. The summed E-state index contributed by atoms with van der Waals surface area (Å²) in [5.74, 6) is 0.804. The van der Waals surface area contributed by atoms with Gasteiger partial charge in [0.2, 0.25) is 5.91 Å². The minimum Gasteiger partial charge on any atom is -0.355 e. The van der Waals surface area contributed by atoms with Crippen LogP contribution in [0.4, 0.5) is 0 Å². The van der Waals surface area contributed by atoms with E-state index in [1.807, 2.05) is 20.8 Å². The Balaban J connectivity index is 2.24. The van der Waals surface area contributed by atoms with Crippen LogP contribution >= 0.6 is 0 Å². The van der Waals surface area contributed by atoms with E-state index in [1.54, 1.807) is 0 Å². The van der Waals surface area contributed by atoms with E-state index in [1.165, 1.54) is 6.42 Å². The molecule has 0 aromatic heterocycles. The molecular weight excluding hydrogens is 176 g/mol. The predicted octanol–water partition coefficient (Wildman–Crippen LogP) is 1.10. The Kier molecular flexibility index (Phi) is 3.53. The number of amides is 1. The van der Waals surface area contributed by atoms with E-state index < -0.39 is 0 Å². The Hall–Kier alpha value is -0.570. The summed E-state index contributed by atoms with van der Waals surface area (Å²) < 4.78 is 0. The Morgan fingerprint density at radius 2 is 2.14 bits per heavy atom. The molecule has 0 spiro atoms. The number of hydrogen-bond acceptors (Lipinski definition) is 2. The lowest BCUT2D eigenvalue weighted by Crippen LogP contribution is -2.38. The van der Waals surface area contributed by atoms with Gasteiger partial charge in [-0.2, -0.15) is 0 Å². The number of carbonyl (C=O) groups excluding carboxylic acids is 1. The lowest BCUT2D eigenvalue weighted by Gasteiger charge is -2.19. The first-order chi connectivity index (χ1) is 6.39. The minimum atomic E-state index is -0.259. The summed E-state index contributed by atoms with van der Waals surface area (Å²) in [4.78, 5) is 13.9. The van der Waals surface area contributed by atoms with Crippen LogP contribution in [0.15, 0.2) is 0 Å².